The average molecular weight is 458 g/mol. The largest absolute Gasteiger partial charge is 0.355 e. The second kappa shape index (κ2) is 8.28. The van der Waals surface area contributed by atoms with Crippen molar-refractivity contribution < 1.29 is 9.59 Å². The van der Waals surface area contributed by atoms with Gasteiger partial charge in [0.15, 0.2) is 11.5 Å². The second-order valence-corrected chi connectivity index (χ2v) is 8.71. The number of benzene rings is 1. The van der Waals surface area contributed by atoms with Crippen LogP contribution in [0.3, 0.4) is 0 Å². The molecule has 5 heterocycles. The van der Waals surface area contributed by atoms with Crippen molar-refractivity contribution in [3.63, 3.8) is 0 Å². The van der Waals surface area contributed by atoms with E-state index >= 15 is 0 Å². The van der Waals surface area contributed by atoms with Crippen molar-refractivity contribution in [1.29, 1.82) is 0 Å². The molecule has 2 amide bonds. The standard InChI is InChI=1S/C22H22N10O2/c33-21(15-7-8-19-24-26-29-32(19)13-15)23-10-16-12-30(11-14-4-1-2-5-17(14)16)22(34)18-6-3-9-31-20(18)25-27-28-31/h1-6,9,15-16H,7-8,10-13H2,(H,23,33). The molecule has 4 aromatic rings. The van der Waals surface area contributed by atoms with Crippen LogP contribution in [0.15, 0.2) is 42.6 Å². The van der Waals surface area contributed by atoms with Gasteiger partial charge in [-0.1, -0.05) is 24.3 Å². The monoisotopic (exact) mass is 458 g/mol. The smallest absolute Gasteiger partial charge is 0.258 e. The van der Waals surface area contributed by atoms with Crippen molar-refractivity contribution in [1.82, 2.24) is 50.5 Å². The van der Waals surface area contributed by atoms with Crippen molar-refractivity contribution in [2.45, 2.75) is 31.8 Å². The van der Waals surface area contributed by atoms with E-state index in [0.29, 0.717) is 50.2 Å². The fourth-order valence-corrected chi connectivity index (χ4v) is 4.87. The summed E-state index contributed by atoms with van der Waals surface area (Å²) in [7, 11) is 0. The molecule has 3 aromatic heterocycles. The predicted molar refractivity (Wildman–Crippen MR) is 117 cm³/mol. The minimum absolute atomic E-state index is 0.0126. The predicted octanol–water partition coefficient (Wildman–Crippen LogP) is 0.229. The van der Waals surface area contributed by atoms with Gasteiger partial charge in [-0.15, -0.1) is 10.2 Å². The SMILES string of the molecule is O=C(NCC1CN(C(=O)c2cccn3nnnc23)Cc2ccccc21)C1CCc2nnnn2C1. The molecule has 2 aliphatic rings. The van der Waals surface area contributed by atoms with Gasteiger partial charge in [0, 0.05) is 38.2 Å². The first kappa shape index (κ1) is 20.4. The number of aryl methyl sites for hydroxylation is 1. The maximum absolute atomic E-state index is 13.5. The molecule has 172 valence electrons. The topological polar surface area (TPSA) is 136 Å². The van der Waals surface area contributed by atoms with E-state index in [2.05, 4.69) is 42.4 Å². The van der Waals surface area contributed by atoms with Gasteiger partial charge >= 0.3 is 0 Å². The number of hydrogen-bond acceptors (Lipinski definition) is 8. The summed E-state index contributed by atoms with van der Waals surface area (Å²) in [5, 5.41) is 26.3. The zero-order chi connectivity index (χ0) is 23.1. The quantitative estimate of drug-likeness (QED) is 0.459. The van der Waals surface area contributed by atoms with Crippen LogP contribution in [0, 0.1) is 5.92 Å². The lowest BCUT2D eigenvalue weighted by Gasteiger charge is -2.35. The molecule has 0 bridgehead atoms. The second-order valence-electron chi connectivity index (χ2n) is 8.71. The molecule has 2 unspecified atom stereocenters. The Morgan fingerprint density at radius 1 is 1.03 bits per heavy atom. The summed E-state index contributed by atoms with van der Waals surface area (Å²) < 4.78 is 3.19. The third-order valence-corrected chi connectivity index (χ3v) is 6.65. The molecule has 0 spiro atoms. The van der Waals surface area contributed by atoms with Crippen LogP contribution in [-0.2, 0) is 24.3 Å². The van der Waals surface area contributed by atoms with E-state index in [-0.39, 0.29) is 23.7 Å². The molecule has 1 N–H and O–H groups in total. The Bertz CT molecular complexity index is 1380. The third-order valence-electron chi connectivity index (χ3n) is 6.65. The Labute approximate surface area is 193 Å². The van der Waals surface area contributed by atoms with Gasteiger partial charge in [-0.3, -0.25) is 9.59 Å². The Morgan fingerprint density at radius 2 is 1.91 bits per heavy atom. The molecule has 1 aromatic carbocycles. The van der Waals surface area contributed by atoms with Crippen molar-refractivity contribution in [3.05, 3.63) is 65.1 Å². The minimum atomic E-state index is -0.175. The van der Waals surface area contributed by atoms with Crippen molar-refractivity contribution >= 4 is 17.5 Å². The van der Waals surface area contributed by atoms with Gasteiger partial charge in [0.25, 0.3) is 5.91 Å². The van der Waals surface area contributed by atoms with E-state index in [1.54, 1.807) is 27.9 Å². The highest BCUT2D eigenvalue weighted by molar-refractivity contribution is 5.99. The molecular formula is C22H22N10O2. The number of rotatable bonds is 4. The summed E-state index contributed by atoms with van der Waals surface area (Å²) in [6, 6.07) is 11.6. The first-order valence-electron chi connectivity index (χ1n) is 11.2. The van der Waals surface area contributed by atoms with E-state index < -0.39 is 0 Å². The lowest BCUT2D eigenvalue weighted by atomic mass is 9.89. The van der Waals surface area contributed by atoms with Crippen LogP contribution in [0.4, 0.5) is 0 Å². The summed E-state index contributed by atoms with van der Waals surface area (Å²) in [4.78, 5) is 28.2. The summed E-state index contributed by atoms with van der Waals surface area (Å²) in [6.45, 7) is 1.90. The molecule has 0 saturated heterocycles. The summed E-state index contributed by atoms with van der Waals surface area (Å²) in [6.07, 6.45) is 3.11. The Kier molecular flexibility index (Phi) is 4.97. The molecule has 0 radical (unpaired) electrons. The van der Waals surface area contributed by atoms with Crippen LogP contribution in [0.2, 0.25) is 0 Å². The van der Waals surface area contributed by atoms with Crippen LogP contribution < -0.4 is 5.32 Å². The number of nitrogens with one attached hydrogen (secondary N) is 1. The summed E-state index contributed by atoms with van der Waals surface area (Å²) in [5.41, 5.74) is 3.11. The highest BCUT2D eigenvalue weighted by atomic mass is 16.2. The Hall–Kier alpha value is -4.22. The molecule has 2 atom stereocenters. The highest BCUT2D eigenvalue weighted by Crippen LogP contribution is 2.29. The van der Waals surface area contributed by atoms with Crippen molar-refractivity contribution in [3.8, 4) is 0 Å². The molecule has 2 aliphatic heterocycles. The van der Waals surface area contributed by atoms with E-state index in [9.17, 15) is 9.59 Å². The molecule has 12 nitrogen and oxygen atoms in total. The number of carbonyl (C=O) groups excluding carboxylic acids is 2. The van der Waals surface area contributed by atoms with Gasteiger partial charge in [-0.25, -0.2) is 4.68 Å². The first-order valence-corrected chi connectivity index (χ1v) is 11.2. The fraction of sp³-hybridized carbons (Fsp3) is 0.364. The fourth-order valence-electron chi connectivity index (χ4n) is 4.87. The number of fused-ring (bicyclic) bond motifs is 3. The number of pyridine rings is 1. The molecule has 0 fully saturated rings. The normalized spacial score (nSPS) is 19.5. The maximum atomic E-state index is 13.5. The van der Waals surface area contributed by atoms with Gasteiger partial charge in [-0.2, -0.15) is 4.52 Å². The number of aromatic nitrogens is 8. The highest BCUT2D eigenvalue weighted by Gasteiger charge is 2.31. The lowest BCUT2D eigenvalue weighted by Crippen LogP contribution is -2.44. The maximum Gasteiger partial charge on any atom is 0.258 e. The number of hydrogen-bond donors (Lipinski definition) is 1. The van der Waals surface area contributed by atoms with Gasteiger partial charge in [0.1, 0.15) is 0 Å². The van der Waals surface area contributed by atoms with E-state index in [1.807, 2.05) is 18.2 Å². The van der Waals surface area contributed by atoms with Gasteiger partial charge < -0.3 is 10.2 Å². The Balaban J connectivity index is 1.20. The zero-order valence-electron chi connectivity index (χ0n) is 18.3. The van der Waals surface area contributed by atoms with E-state index in [1.165, 1.54) is 4.52 Å². The molecule has 0 saturated carbocycles. The molecular weight excluding hydrogens is 436 g/mol. The van der Waals surface area contributed by atoms with Crippen LogP contribution >= 0.6 is 0 Å². The van der Waals surface area contributed by atoms with Crippen molar-refractivity contribution in [2.24, 2.45) is 5.92 Å². The zero-order valence-corrected chi connectivity index (χ0v) is 18.3. The summed E-state index contributed by atoms with van der Waals surface area (Å²) >= 11 is 0. The number of carbonyl (C=O) groups is 2. The minimum Gasteiger partial charge on any atom is -0.355 e. The van der Waals surface area contributed by atoms with Gasteiger partial charge in [0.05, 0.1) is 18.0 Å². The average Bonchev–Trinajstić information content (AvgIpc) is 3.55. The molecule has 34 heavy (non-hydrogen) atoms. The molecule has 12 heteroatoms. The first-order chi connectivity index (χ1) is 16.7. The number of tetrazole rings is 2. The van der Waals surface area contributed by atoms with Crippen LogP contribution in [0.5, 0.6) is 0 Å². The summed E-state index contributed by atoms with van der Waals surface area (Å²) in [5.74, 6) is 0.467. The third kappa shape index (κ3) is 3.56. The Morgan fingerprint density at radius 3 is 2.85 bits per heavy atom. The van der Waals surface area contributed by atoms with Gasteiger partial charge in [0.2, 0.25) is 5.91 Å². The number of nitrogens with zero attached hydrogens (tertiary/aromatic N) is 9. The number of amides is 2. The lowest BCUT2D eigenvalue weighted by molar-refractivity contribution is -0.126. The molecule has 6 rings (SSSR count). The van der Waals surface area contributed by atoms with E-state index in [0.717, 1.165) is 17.0 Å². The van der Waals surface area contributed by atoms with Crippen LogP contribution in [0.25, 0.3) is 5.65 Å². The van der Waals surface area contributed by atoms with Gasteiger partial charge in [-0.05, 0) is 50.5 Å². The van der Waals surface area contributed by atoms with Crippen LogP contribution in [-0.4, -0.2) is 70.1 Å². The van der Waals surface area contributed by atoms with Crippen LogP contribution in [0.1, 0.15) is 39.6 Å². The van der Waals surface area contributed by atoms with E-state index in [4.69, 9.17) is 0 Å². The van der Waals surface area contributed by atoms with Crippen molar-refractivity contribution in [2.75, 3.05) is 13.1 Å². The molecule has 0 aliphatic carbocycles.